The number of aliphatic hydroxyl groups excluding tert-OH is 1. The Hall–Kier alpha value is -1.42. The molecule has 2 spiro atoms. The van der Waals surface area contributed by atoms with Crippen LogP contribution in [0.1, 0.15) is 107 Å². The molecule has 13 atom stereocenters. The molecule has 9 heteroatoms. The molecule has 5 aliphatic carbocycles. The van der Waals surface area contributed by atoms with Crippen molar-refractivity contribution in [2.45, 2.75) is 143 Å². The molecule has 1 saturated heterocycles. The third-order valence-electron chi connectivity index (χ3n) is 15.2. The normalized spacial score (nSPS) is 47.8. The van der Waals surface area contributed by atoms with Gasteiger partial charge in [-0.1, -0.05) is 34.6 Å². The second-order valence-corrected chi connectivity index (χ2v) is 18.4. The number of carbonyl (C=O) groups is 2. The van der Waals surface area contributed by atoms with Crippen molar-refractivity contribution < 1.29 is 34.0 Å². The van der Waals surface area contributed by atoms with Crippen molar-refractivity contribution in [1.82, 2.24) is 10.2 Å². The predicted octanol–water partition coefficient (Wildman–Crippen LogP) is 5.16. The minimum atomic E-state index is -1.27. The van der Waals surface area contributed by atoms with Crippen LogP contribution in [0, 0.1) is 50.7 Å². The minimum absolute atomic E-state index is 0.0832. The van der Waals surface area contributed by atoms with Gasteiger partial charge in [0, 0.05) is 30.8 Å². The van der Waals surface area contributed by atoms with Gasteiger partial charge in [0.15, 0.2) is 6.10 Å². The van der Waals surface area contributed by atoms with Gasteiger partial charge in [-0.05, 0) is 119 Å². The number of fused-ring (bicyclic) bond motifs is 4. The molecule has 6 fully saturated rings. The van der Waals surface area contributed by atoms with Gasteiger partial charge in [-0.2, -0.15) is 0 Å². The number of carbonyl (C=O) groups excluding carboxylic acids is 2. The van der Waals surface area contributed by atoms with E-state index in [9.17, 15) is 19.8 Å². The molecule has 0 radical (unpaired) electrons. The van der Waals surface area contributed by atoms with E-state index in [1.54, 1.807) is 13.8 Å². The summed E-state index contributed by atoms with van der Waals surface area (Å²) >= 11 is 0. The van der Waals surface area contributed by atoms with E-state index in [0.717, 1.165) is 38.6 Å². The molecule has 6 aliphatic rings. The summed E-state index contributed by atoms with van der Waals surface area (Å²) in [5.41, 5.74) is -1.35. The molecule has 0 aromatic heterocycles. The minimum Gasteiger partial charge on any atom is -0.457 e. The Labute approximate surface area is 276 Å². The lowest BCUT2D eigenvalue weighted by Gasteiger charge is -2.63. The van der Waals surface area contributed by atoms with Crippen LogP contribution in [0.5, 0.6) is 0 Å². The maximum absolute atomic E-state index is 12.8. The molecule has 9 nitrogen and oxygen atoms in total. The number of amides is 1. The number of nitrogens with one attached hydrogen (secondary N) is 1. The molecule has 0 aromatic carbocycles. The van der Waals surface area contributed by atoms with Crippen molar-refractivity contribution in [3.8, 4) is 0 Å². The maximum Gasteiger partial charge on any atom is 0.407 e. The van der Waals surface area contributed by atoms with Gasteiger partial charge in [0.1, 0.15) is 6.10 Å². The van der Waals surface area contributed by atoms with Crippen LogP contribution in [-0.2, 0) is 19.0 Å². The zero-order valence-corrected chi connectivity index (χ0v) is 30.2. The third-order valence-corrected chi connectivity index (χ3v) is 15.2. The fourth-order valence-electron chi connectivity index (χ4n) is 13.1. The Bertz CT molecular complexity index is 1220. The first-order valence-electron chi connectivity index (χ1n) is 18.1. The van der Waals surface area contributed by atoms with Crippen molar-refractivity contribution in [3.05, 3.63) is 0 Å². The van der Waals surface area contributed by atoms with E-state index < -0.39 is 29.9 Å². The zero-order chi connectivity index (χ0) is 33.8. The van der Waals surface area contributed by atoms with Crippen LogP contribution >= 0.6 is 0 Å². The van der Waals surface area contributed by atoms with Crippen LogP contribution in [0.15, 0.2) is 0 Å². The van der Waals surface area contributed by atoms with Gasteiger partial charge in [-0.3, -0.25) is 4.79 Å². The number of nitrogens with zero attached hydrogens (tertiary/aromatic N) is 1. The molecule has 3 N–H and O–H groups in total. The zero-order valence-electron chi connectivity index (χ0n) is 30.2. The molecule has 46 heavy (non-hydrogen) atoms. The molecular weight excluding hydrogens is 584 g/mol. The van der Waals surface area contributed by atoms with Gasteiger partial charge in [0.25, 0.3) is 0 Å². The first kappa shape index (κ1) is 34.4. The van der Waals surface area contributed by atoms with Gasteiger partial charge >= 0.3 is 12.1 Å². The molecule has 262 valence electrons. The van der Waals surface area contributed by atoms with E-state index in [4.69, 9.17) is 14.2 Å². The number of aliphatic hydroxyl groups is 2. The molecule has 6 rings (SSSR count). The highest BCUT2D eigenvalue weighted by atomic mass is 16.6. The summed E-state index contributed by atoms with van der Waals surface area (Å²) in [6.07, 6.45) is 5.57. The summed E-state index contributed by atoms with van der Waals surface area (Å²) in [5, 5.41) is 26.4. The van der Waals surface area contributed by atoms with Crippen molar-refractivity contribution in [1.29, 1.82) is 0 Å². The van der Waals surface area contributed by atoms with E-state index in [1.165, 1.54) is 19.8 Å². The number of ether oxygens (including phenoxy) is 3. The van der Waals surface area contributed by atoms with Gasteiger partial charge in [-0.15, -0.1) is 0 Å². The van der Waals surface area contributed by atoms with E-state index in [0.29, 0.717) is 24.8 Å². The van der Waals surface area contributed by atoms with Gasteiger partial charge in [0.2, 0.25) is 0 Å². The number of alkyl carbamates (subject to hydrolysis) is 1. The Morgan fingerprint density at radius 2 is 1.70 bits per heavy atom. The Kier molecular flexibility index (Phi) is 8.27. The quantitative estimate of drug-likeness (QED) is 0.325. The molecular formula is C37H62N2O7. The van der Waals surface area contributed by atoms with E-state index in [-0.39, 0.29) is 57.2 Å². The molecule has 1 heterocycles. The van der Waals surface area contributed by atoms with Crippen molar-refractivity contribution >= 4 is 12.1 Å². The van der Waals surface area contributed by atoms with Crippen molar-refractivity contribution in [2.24, 2.45) is 50.7 Å². The molecule has 0 bridgehead atoms. The fraction of sp³-hybridized carbons (Fsp3) is 0.946. The second kappa shape index (κ2) is 11.0. The number of likely N-dealkylation sites (N-methyl/N-ethyl adjacent to an activating group) is 1. The lowest BCUT2D eigenvalue weighted by molar-refractivity contribution is -0.216. The lowest BCUT2D eigenvalue weighted by Crippen LogP contribution is -2.60. The predicted molar refractivity (Wildman–Crippen MR) is 175 cm³/mol. The van der Waals surface area contributed by atoms with E-state index in [2.05, 4.69) is 39.9 Å². The molecule has 0 aromatic rings. The highest BCUT2D eigenvalue weighted by Crippen LogP contribution is 2.89. The SMILES string of the molecule is CC(=O)O[C@@H](C1C[C@@H](C)[C@H]2C(O1)[C@H](O)[C@@]1(C)C3CC[C@H]4C(C)(C)[C@@H](OC(=O)NCCN(C)C)CCC45CC35CCC21C)C(C)(C)O. The lowest BCUT2D eigenvalue weighted by atomic mass is 9.41. The summed E-state index contributed by atoms with van der Waals surface area (Å²) in [4.78, 5) is 26.9. The summed E-state index contributed by atoms with van der Waals surface area (Å²) in [6.45, 7) is 17.8. The largest absolute Gasteiger partial charge is 0.457 e. The number of hydrogen-bond acceptors (Lipinski definition) is 8. The number of hydrogen-bond donors (Lipinski definition) is 3. The summed E-state index contributed by atoms with van der Waals surface area (Å²) in [6, 6.07) is 0. The standard InChI is InChI=1S/C37H62N2O7/c1-21-19-23(30(33(5,6)43)44-22(2)40)45-28-27(21)34(7)15-16-37-20-36(37)14-13-26(46-31(42)38-17-18-39(9)10)32(3,4)24(36)11-12-25(37)35(34,8)29(28)41/h21,23-30,41,43H,11-20H2,1-10H3,(H,38,42)/t21-,23?,24+,25?,26+,27+,28?,29+,30+,34?,35-,36?,37?/m1/s1. The van der Waals surface area contributed by atoms with Crippen LogP contribution in [-0.4, -0.2) is 90.5 Å². The van der Waals surface area contributed by atoms with Crippen molar-refractivity contribution in [3.63, 3.8) is 0 Å². The summed E-state index contributed by atoms with van der Waals surface area (Å²) in [7, 11) is 3.99. The number of rotatable bonds is 7. The van der Waals surface area contributed by atoms with Gasteiger partial charge in [0.05, 0.1) is 23.9 Å². The highest BCUT2D eigenvalue weighted by Gasteiger charge is 2.84. The van der Waals surface area contributed by atoms with Gasteiger partial charge < -0.3 is 34.6 Å². The van der Waals surface area contributed by atoms with Crippen LogP contribution < -0.4 is 5.32 Å². The average molecular weight is 647 g/mol. The smallest absolute Gasteiger partial charge is 0.407 e. The highest BCUT2D eigenvalue weighted by molar-refractivity contribution is 5.67. The topological polar surface area (TPSA) is 118 Å². The fourth-order valence-corrected chi connectivity index (χ4v) is 13.1. The summed E-state index contributed by atoms with van der Waals surface area (Å²) < 4.78 is 18.6. The molecule has 1 amide bonds. The Morgan fingerprint density at radius 1 is 1.04 bits per heavy atom. The third kappa shape index (κ3) is 4.74. The van der Waals surface area contributed by atoms with Crippen LogP contribution in [0.4, 0.5) is 4.79 Å². The molecule has 1 aliphatic heterocycles. The molecule has 6 unspecified atom stereocenters. The number of esters is 1. The van der Waals surface area contributed by atoms with Crippen LogP contribution in [0.25, 0.3) is 0 Å². The average Bonchev–Trinajstić information content (AvgIpc) is 3.57. The second-order valence-electron chi connectivity index (χ2n) is 18.4. The Morgan fingerprint density at radius 3 is 2.33 bits per heavy atom. The summed E-state index contributed by atoms with van der Waals surface area (Å²) in [5.74, 6) is 0.885. The van der Waals surface area contributed by atoms with E-state index >= 15 is 0 Å². The van der Waals surface area contributed by atoms with E-state index in [1.807, 2.05) is 19.0 Å². The maximum atomic E-state index is 12.8. The van der Waals surface area contributed by atoms with Gasteiger partial charge in [-0.25, -0.2) is 4.79 Å². The molecule has 5 saturated carbocycles. The first-order chi connectivity index (χ1) is 21.3. The van der Waals surface area contributed by atoms with Crippen LogP contribution in [0.2, 0.25) is 0 Å². The van der Waals surface area contributed by atoms with Crippen molar-refractivity contribution in [2.75, 3.05) is 27.2 Å². The van der Waals surface area contributed by atoms with Crippen LogP contribution in [0.3, 0.4) is 0 Å². The Balaban J connectivity index is 1.24. The first-order valence-corrected chi connectivity index (χ1v) is 18.1. The monoisotopic (exact) mass is 646 g/mol.